The topological polar surface area (TPSA) is 44.4 Å². The van der Waals surface area contributed by atoms with Gasteiger partial charge in [-0.3, -0.25) is 4.79 Å². The summed E-state index contributed by atoms with van der Waals surface area (Å²) in [5.74, 6) is 0.355. The summed E-state index contributed by atoms with van der Waals surface area (Å²) in [6, 6.07) is 0. The Morgan fingerprint density at radius 2 is 2.19 bits per heavy atom. The van der Waals surface area contributed by atoms with Crippen LogP contribution in [-0.2, 0) is 4.79 Å². The summed E-state index contributed by atoms with van der Waals surface area (Å²) >= 11 is 0. The molecule has 0 aromatic heterocycles. The lowest BCUT2D eigenvalue weighted by Gasteiger charge is -2.33. The van der Waals surface area contributed by atoms with E-state index in [1.54, 1.807) is 0 Å². The van der Waals surface area contributed by atoms with Crippen LogP contribution in [0.2, 0.25) is 0 Å². The van der Waals surface area contributed by atoms with Crippen molar-refractivity contribution in [2.75, 3.05) is 33.7 Å². The van der Waals surface area contributed by atoms with Gasteiger partial charge in [-0.25, -0.2) is 0 Å². The van der Waals surface area contributed by atoms with Gasteiger partial charge in [-0.15, -0.1) is 0 Å². The minimum atomic E-state index is 0.0117. The fraction of sp³-hybridized carbons (Fsp3) is 0.917. The molecule has 0 radical (unpaired) electrons. The second-order valence-corrected chi connectivity index (χ2v) is 5.47. The second-order valence-electron chi connectivity index (χ2n) is 5.47. The molecule has 4 nitrogen and oxygen atoms in total. The van der Waals surface area contributed by atoms with Crippen molar-refractivity contribution in [2.24, 2.45) is 5.92 Å². The zero-order valence-electron chi connectivity index (χ0n) is 11.0. The van der Waals surface area contributed by atoms with Crippen LogP contribution in [0.15, 0.2) is 0 Å². The fourth-order valence-electron chi connectivity index (χ4n) is 1.68. The summed E-state index contributed by atoms with van der Waals surface area (Å²) < 4.78 is 0. The van der Waals surface area contributed by atoms with E-state index in [1.807, 2.05) is 14.1 Å². The number of nitrogens with one attached hydrogen (secondary N) is 2. The van der Waals surface area contributed by atoms with E-state index >= 15 is 0 Å². The average molecular weight is 227 g/mol. The van der Waals surface area contributed by atoms with E-state index in [9.17, 15) is 4.79 Å². The lowest BCUT2D eigenvalue weighted by molar-refractivity contribution is -0.126. The van der Waals surface area contributed by atoms with E-state index in [0.717, 1.165) is 25.9 Å². The third kappa shape index (κ3) is 3.76. The highest BCUT2D eigenvalue weighted by Crippen LogP contribution is 2.12. The van der Waals surface area contributed by atoms with Crippen molar-refractivity contribution in [3.05, 3.63) is 0 Å². The van der Waals surface area contributed by atoms with Gasteiger partial charge in [0.1, 0.15) is 0 Å². The minimum absolute atomic E-state index is 0.0117. The Balaban J connectivity index is 2.34. The molecule has 94 valence electrons. The monoisotopic (exact) mass is 227 g/mol. The maximum atomic E-state index is 11.9. The molecule has 16 heavy (non-hydrogen) atoms. The van der Waals surface area contributed by atoms with Crippen LogP contribution in [0.5, 0.6) is 0 Å². The number of hydrogen-bond donors (Lipinski definition) is 2. The highest BCUT2D eigenvalue weighted by atomic mass is 16.1. The molecule has 0 aromatic rings. The van der Waals surface area contributed by atoms with Gasteiger partial charge in [-0.2, -0.15) is 0 Å². The van der Waals surface area contributed by atoms with Gasteiger partial charge >= 0.3 is 0 Å². The SMILES string of the molecule is CN(C)C(C)(C)CNC(=O)C1CCCNC1. The minimum Gasteiger partial charge on any atom is -0.354 e. The average Bonchev–Trinajstić information content (AvgIpc) is 2.27. The highest BCUT2D eigenvalue weighted by Gasteiger charge is 2.25. The number of likely N-dealkylation sites (N-methyl/N-ethyl adjacent to an activating group) is 1. The molecule has 0 aromatic carbocycles. The molecule has 1 amide bonds. The Hall–Kier alpha value is -0.610. The quantitative estimate of drug-likeness (QED) is 0.732. The van der Waals surface area contributed by atoms with Crippen LogP contribution < -0.4 is 10.6 Å². The molecule has 1 aliphatic heterocycles. The van der Waals surface area contributed by atoms with Crippen molar-refractivity contribution < 1.29 is 4.79 Å². The van der Waals surface area contributed by atoms with Crippen molar-refractivity contribution in [1.29, 1.82) is 0 Å². The maximum absolute atomic E-state index is 11.9. The Morgan fingerprint density at radius 3 is 2.69 bits per heavy atom. The summed E-state index contributed by atoms with van der Waals surface area (Å²) in [6.45, 7) is 6.84. The van der Waals surface area contributed by atoms with Crippen LogP contribution in [-0.4, -0.2) is 50.1 Å². The number of carbonyl (C=O) groups is 1. The van der Waals surface area contributed by atoms with E-state index in [1.165, 1.54) is 0 Å². The van der Waals surface area contributed by atoms with Crippen LogP contribution in [0.1, 0.15) is 26.7 Å². The normalized spacial score (nSPS) is 22.2. The van der Waals surface area contributed by atoms with Crippen molar-refractivity contribution in [2.45, 2.75) is 32.2 Å². The van der Waals surface area contributed by atoms with Gasteiger partial charge in [0.2, 0.25) is 5.91 Å². The number of piperidine rings is 1. The molecule has 1 atom stereocenters. The van der Waals surface area contributed by atoms with E-state index < -0.39 is 0 Å². The van der Waals surface area contributed by atoms with Crippen LogP contribution in [0, 0.1) is 5.92 Å². The molecule has 1 fully saturated rings. The molecule has 1 saturated heterocycles. The van der Waals surface area contributed by atoms with E-state index in [-0.39, 0.29) is 17.4 Å². The molecule has 0 aliphatic carbocycles. The third-order valence-corrected chi connectivity index (χ3v) is 3.57. The van der Waals surface area contributed by atoms with Crippen LogP contribution in [0.25, 0.3) is 0 Å². The number of carbonyl (C=O) groups excluding carboxylic acids is 1. The number of rotatable bonds is 4. The molecule has 0 saturated carbocycles. The second kappa shape index (κ2) is 5.64. The van der Waals surface area contributed by atoms with E-state index in [2.05, 4.69) is 29.4 Å². The number of amides is 1. The molecule has 1 unspecified atom stereocenters. The smallest absolute Gasteiger partial charge is 0.224 e. The lowest BCUT2D eigenvalue weighted by atomic mass is 9.98. The zero-order chi connectivity index (χ0) is 12.2. The standard InChI is InChI=1S/C12H25N3O/c1-12(2,15(3)4)9-14-11(16)10-6-5-7-13-8-10/h10,13H,5-9H2,1-4H3,(H,14,16). The van der Waals surface area contributed by atoms with Crippen LogP contribution in [0.3, 0.4) is 0 Å². The summed E-state index contributed by atoms with van der Waals surface area (Å²) in [4.78, 5) is 14.0. The molecule has 0 bridgehead atoms. The molecule has 0 spiro atoms. The van der Waals surface area contributed by atoms with Crippen LogP contribution in [0.4, 0.5) is 0 Å². The third-order valence-electron chi connectivity index (χ3n) is 3.57. The Morgan fingerprint density at radius 1 is 1.50 bits per heavy atom. The Kier molecular flexibility index (Phi) is 4.74. The predicted molar refractivity (Wildman–Crippen MR) is 66.4 cm³/mol. The molecule has 1 aliphatic rings. The van der Waals surface area contributed by atoms with Gasteiger partial charge in [0.05, 0.1) is 5.92 Å². The van der Waals surface area contributed by atoms with Gasteiger partial charge in [0.15, 0.2) is 0 Å². The number of hydrogen-bond acceptors (Lipinski definition) is 3. The van der Waals surface area contributed by atoms with Crippen molar-refractivity contribution in [3.63, 3.8) is 0 Å². The molecule has 2 N–H and O–H groups in total. The molecular formula is C12H25N3O. The van der Waals surface area contributed by atoms with Gasteiger partial charge in [-0.1, -0.05) is 0 Å². The lowest BCUT2D eigenvalue weighted by Crippen LogP contribution is -2.50. The van der Waals surface area contributed by atoms with Crippen molar-refractivity contribution in [3.8, 4) is 0 Å². The first-order valence-electron chi connectivity index (χ1n) is 6.09. The Bertz CT molecular complexity index is 232. The van der Waals surface area contributed by atoms with Gasteiger partial charge in [-0.05, 0) is 47.3 Å². The summed E-state index contributed by atoms with van der Waals surface area (Å²) in [7, 11) is 4.07. The first-order chi connectivity index (χ1) is 7.43. The molecule has 4 heteroatoms. The summed E-state index contributed by atoms with van der Waals surface area (Å²) in [5.41, 5.74) is 0.0117. The first-order valence-corrected chi connectivity index (χ1v) is 6.09. The highest BCUT2D eigenvalue weighted by molar-refractivity contribution is 5.79. The van der Waals surface area contributed by atoms with E-state index in [0.29, 0.717) is 6.54 Å². The first kappa shape index (κ1) is 13.5. The largest absolute Gasteiger partial charge is 0.354 e. The zero-order valence-corrected chi connectivity index (χ0v) is 11.0. The summed E-state index contributed by atoms with van der Waals surface area (Å²) in [6.07, 6.45) is 2.12. The fourth-order valence-corrected chi connectivity index (χ4v) is 1.68. The predicted octanol–water partition coefficient (Wildman–Crippen LogP) is 0.442. The van der Waals surface area contributed by atoms with Gasteiger partial charge in [0.25, 0.3) is 0 Å². The van der Waals surface area contributed by atoms with Gasteiger partial charge < -0.3 is 15.5 Å². The molecule has 1 rings (SSSR count). The van der Waals surface area contributed by atoms with Crippen LogP contribution >= 0.6 is 0 Å². The van der Waals surface area contributed by atoms with Crippen molar-refractivity contribution in [1.82, 2.24) is 15.5 Å². The molecule has 1 heterocycles. The summed E-state index contributed by atoms with van der Waals surface area (Å²) in [5, 5.41) is 6.32. The van der Waals surface area contributed by atoms with E-state index in [4.69, 9.17) is 0 Å². The molecular weight excluding hydrogens is 202 g/mol. The maximum Gasteiger partial charge on any atom is 0.224 e. The van der Waals surface area contributed by atoms with Crippen molar-refractivity contribution >= 4 is 5.91 Å². The Labute approximate surface area is 98.8 Å². The van der Waals surface area contributed by atoms with Gasteiger partial charge in [0, 0.05) is 18.6 Å². The number of nitrogens with zero attached hydrogens (tertiary/aromatic N) is 1.